The Bertz CT molecular complexity index is 1430. The van der Waals surface area contributed by atoms with E-state index >= 15 is 0 Å². The average molecular weight is 587 g/mol. The zero-order valence-corrected chi connectivity index (χ0v) is 24.9. The molecule has 2 unspecified atom stereocenters. The zero-order chi connectivity index (χ0) is 29.6. The summed E-state index contributed by atoms with van der Waals surface area (Å²) in [6, 6.07) is 11.7. The van der Waals surface area contributed by atoms with Crippen molar-refractivity contribution in [2.75, 3.05) is 44.8 Å². The van der Waals surface area contributed by atoms with Gasteiger partial charge in [0.15, 0.2) is 5.82 Å². The van der Waals surface area contributed by atoms with Crippen molar-refractivity contribution in [3.63, 3.8) is 0 Å². The van der Waals surface area contributed by atoms with E-state index in [0.29, 0.717) is 31.0 Å². The van der Waals surface area contributed by atoms with Gasteiger partial charge in [-0.25, -0.2) is 26.6 Å². The molecule has 41 heavy (non-hydrogen) atoms. The molecule has 2 atom stereocenters. The van der Waals surface area contributed by atoms with Crippen molar-refractivity contribution in [1.82, 2.24) is 34.7 Å². The second-order valence-corrected chi connectivity index (χ2v) is 12.7. The lowest BCUT2D eigenvalue weighted by molar-refractivity contribution is 0.108. The number of nitrogens with one attached hydrogen (secondary N) is 2. The van der Waals surface area contributed by atoms with E-state index in [2.05, 4.69) is 31.1 Å². The van der Waals surface area contributed by atoms with Crippen LogP contribution in [0, 0.1) is 11.7 Å². The van der Waals surface area contributed by atoms with Crippen LogP contribution in [0.4, 0.5) is 14.9 Å². The van der Waals surface area contributed by atoms with Crippen molar-refractivity contribution in [2.45, 2.75) is 38.6 Å². The maximum Gasteiger partial charge on any atom is 0.319 e. The van der Waals surface area contributed by atoms with Gasteiger partial charge in [0.2, 0.25) is 10.0 Å². The van der Waals surface area contributed by atoms with Crippen LogP contribution in [-0.2, 0) is 29.9 Å². The molecular weight excluding hydrogens is 547 g/mol. The molecule has 0 aliphatic carbocycles. The van der Waals surface area contributed by atoms with Gasteiger partial charge in [-0.2, -0.15) is 0 Å². The highest BCUT2D eigenvalue weighted by atomic mass is 32.2. The number of carbonyl (C=O) groups excluding carboxylic acids is 1. The first kappa shape index (κ1) is 30.5. The zero-order valence-electron chi connectivity index (χ0n) is 24.0. The number of aromatic nitrogens is 4. The van der Waals surface area contributed by atoms with Crippen molar-refractivity contribution in [1.29, 1.82) is 0 Å². The summed E-state index contributed by atoms with van der Waals surface area (Å²) in [6.45, 7) is 4.60. The van der Waals surface area contributed by atoms with Crippen LogP contribution in [0.15, 0.2) is 42.5 Å². The second kappa shape index (κ2) is 13.5. The lowest BCUT2D eigenvalue weighted by Gasteiger charge is -2.42. The summed E-state index contributed by atoms with van der Waals surface area (Å²) in [5, 5.41) is 17.6. The van der Waals surface area contributed by atoms with Crippen LogP contribution in [0.1, 0.15) is 30.9 Å². The van der Waals surface area contributed by atoms with Crippen molar-refractivity contribution >= 4 is 21.7 Å². The molecule has 2 N–H and O–H groups in total. The molecule has 11 nitrogen and oxygen atoms in total. The molecule has 0 saturated carbocycles. The van der Waals surface area contributed by atoms with Crippen LogP contribution in [0.25, 0.3) is 11.4 Å². The van der Waals surface area contributed by atoms with Gasteiger partial charge in [0.1, 0.15) is 5.82 Å². The van der Waals surface area contributed by atoms with Crippen LogP contribution in [0.3, 0.4) is 0 Å². The van der Waals surface area contributed by atoms with Crippen molar-refractivity contribution in [3.05, 3.63) is 59.4 Å². The summed E-state index contributed by atoms with van der Waals surface area (Å²) < 4.78 is 41.0. The van der Waals surface area contributed by atoms with E-state index in [9.17, 15) is 17.6 Å². The van der Waals surface area contributed by atoms with Crippen LogP contribution in [0.5, 0.6) is 0 Å². The molecule has 0 radical (unpaired) electrons. The van der Waals surface area contributed by atoms with Crippen LogP contribution < -0.4 is 10.6 Å². The summed E-state index contributed by atoms with van der Waals surface area (Å²) in [6.07, 6.45) is 4.38. The normalized spacial score (nSPS) is 18.0. The number of anilines is 1. The summed E-state index contributed by atoms with van der Waals surface area (Å²) >= 11 is 0. The maximum absolute atomic E-state index is 13.2. The molecular formula is C28H39FN8O3S. The number of piperidine rings is 1. The lowest BCUT2D eigenvalue weighted by atomic mass is 9.91. The molecule has 1 aliphatic rings. The molecule has 1 fully saturated rings. The minimum Gasteiger partial charge on any atom is -0.337 e. The van der Waals surface area contributed by atoms with Crippen molar-refractivity contribution in [2.24, 2.45) is 13.0 Å². The van der Waals surface area contributed by atoms with Gasteiger partial charge in [0, 0.05) is 50.4 Å². The van der Waals surface area contributed by atoms with Gasteiger partial charge in [-0.3, -0.25) is 0 Å². The van der Waals surface area contributed by atoms with E-state index in [4.69, 9.17) is 0 Å². The Hall–Kier alpha value is -3.42. The predicted molar refractivity (Wildman–Crippen MR) is 156 cm³/mol. The number of sulfonamides is 1. The topological polar surface area (TPSA) is 125 Å². The Morgan fingerprint density at radius 2 is 1.93 bits per heavy atom. The number of hydrogen-bond donors (Lipinski definition) is 2. The molecule has 3 aromatic rings. The van der Waals surface area contributed by atoms with Crippen molar-refractivity contribution < 1.29 is 17.6 Å². The fraction of sp³-hybridized carbons (Fsp3) is 0.500. The third-order valence-corrected chi connectivity index (χ3v) is 9.00. The molecule has 13 heteroatoms. The van der Waals surface area contributed by atoms with Gasteiger partial charge in [0.05, 0.1) is 6.26 Å². The number of benzene rings is 2. The molecule has 222 valence electrons. The highest BCUT2D eigenvalue weighted by molar-refractivity contribution is 7.88. The van der Waals surface area contributed by atoms with Crippen LogP contribution in [-0.4, -0.2) is 89.4 Å². The fourth-order valence-corrected chi connectivity index (χ4v) is 6.12. The second-order valence-electron chi connectivity index (χ2n) is 10.7. The first-order chi connectivity index (χ1) is 19.5. The maximum atomic E-state index is 13.2. The number of halogens is 1. The highest BCUT2D eigenvalue weighted by Gasteiger charge is 2.35. The Morgan fingerprint density at radius 3 is 2.59 bits per heavy atom. The molecule has 0 spiro atoms. The van der Waals surface area contributed by atoms with E-state index in [1.165, 1.54) is 22.7 Å². The Labute approximate surface area is 241 Å². The van der Waals surface area contributed by atoms with Gasteiger partial charge in [-0.15, -0.1) is 5.10 Å². The minimum atomic E-state index is -3.40. The first-order valence-corrected chi connectivity index (χ1v) is 15.7. The van der Waals surface area contributed by atoms with Gasteiger partial charge in [-0.1, -0.05) is 19.1 Å². The number of carbonyl (C=O) groups is 1. The van der Waals surface area contributed by atoms with E-state index in [-0.39, 0.29) is 23.8 Å². The monoisotopic (exact) mass is 586 g/mol. The number of likely N-dealkylation sites (tertiary alicyclic amines) is 1. The van der Waals surface area contributed by atoms with Crippen LogP contribution >= 0.6 is 0 Å². The number of tetrazole rings is 1. The minimum absolute atomic E-state index is 0.0951. The predicted octanol–water partition coefficient (Wildman–Crippen LogP) is 2.91. The molecule has 1 aliphatic heterocycles. The SMILES string of the molecule is CCc1cc(NC(=O)NCC2CN(CCCc3ccc(F)cc3)CCC2N(C)S(C)(=O)=O)cc(-c2nnnn2C)c1. The van der Waals surface area contributed by atoms with E-state index in [0.717, 1.165) is 49.0 Å². The number of aryl methyl sites for hydroxylation is 3. The Morgan fingerprint density at radius 1 is 1.17 bits per heavy atom. The Balaban J connectivity index is 1.39. The number of hydrogen-bond acceptors (Lipinski definition) is 7. The number of urea groups is 1. The van der Waals surface area contributed by atoms with Gasteiger partial charge < -0.3 is 15.5 Å². The quantitative estimate of drug-likeness (QED) is 0.354. The van der Waals surface area contributed by atoms with Crippen LogP contribution in [0.2, 0.25) is 0 Å². The number of amides is 2. The molecule has 2 aromatic carbocycles. The molecule has 1 saturated heterocycles. The lowest BCUT2D eigenvalue weighted by Crippen LogP contribution is -2.54. The van der Waals surface area contributed by atoms with Gasteiger partial charge >= 0.3 is 6.03 Å². The van der Waals surface area contributed by atoms with E-state index in [1.807, 2.05) is 25.1 Å². The average Bonchev–Trinajstić information content (AvgIpc) is 3.37. The molecule has 0 bridgehead atoms. The highest BCUT2D eigenvalue weighted by Crippen LogP contribution is 2.25. The smallest absolute Gasteiger partial charge is 0.319 e. The standard InChI is InChI=1S/C28H39FN8O3S/c1-5-20-15-22(27-32-33-34-35(27)2)17-25(16-20)31-28(38)30-18-23-19-37(14-12-26(23)36(3)41(4,39)40)13-6-7-21-8-10-24(29)11-9-21/h8-11,15-17,23,26H,5-7,12-14,18-19H2,1-4H3,(H2,30,31,38). The molecule has 2 heterocycles. The third-order valence-electron chi connectivity index (χ3n) is 7.68. The molecule has 1 aromatic heterocycles. The summed E-state index contributed by atoms with van der Waals surface area (Å²) in [4.78, 5) is 15.3. The first-order valence-electron chi connectivity index (χ1n) is 13.8. The summed E-state index contributed by atoms with van der Waals surface area (Å²) in [5.74, 6) is 0.255. The number of rotatable bonds is 11. The number of nitrogens with zero attached hydrogens (tertiary/aromatic N) is 6. The molecule has 2 amide bonds. The summed E-state index contributed by atoms with van der Waals surface area (Å²) in [7, 11) is -0.0309. The van der Waals surface area contributed by atoms with E-state index < -0.39 is 10.0 Å². The van der Waals surface area contributed by atoms with Gasteiger partial charge in [0.25, 0.3) is 0 Å². The third kappa shape index (κ3) is 8.30. The molecule has 4 rings (SSSR count). The van der Waals surface area contributed by atoms with Gasteiger partial charge in [-0.05, 0) is 90.7 Å². The Kier molecular flexibility index (Phi) is 10.1. The van der Waals surface area contributed by atoms with E-state index in [1.54, 1.807) is 30.9 Å². The fourth-order valence-electron chi connectivity index (χ4n) is 5.35. The largest absolute Gasteiger partial charge is 0.337 e. The summed E-state index contributed by atoms with van der Waals surface area (Å²) in [5.41, 5.74) is 3.53. The van der Waals surface area contributed by atoms with Crippen molar-refractivity contribution in [3.8, 4) is 11.4 Å².